The van der Waals surface area contributed by atoms with Crippen molar-refractivity contribution in [2.24, 2.45) is 0 Å². The molecule has 0 saturated carbocycles. The molecule has 0 saturated heterocycles. The summed E-state index contributed by atoms with van der Waals surface area (Å²) in [5, 5.41) is 9.06. The van der Waals surface area contributed by atoms with Gasteiger partial charge in [-0.25, -0.2) is 4.98 Å². The van der Waals surface area contributed by atoms with Gasteiger partial charge in [0.15, 0.2) is 5.82 Å². The molecule has 0 fully saturated rings. The Labute approximate surface area is 92.3 Å². The number of aryl methyl sites for hydroxylation is 1. The zero-order valence-electron chi connectivity index (χ0n) is 8.78. The second-order valence-corrected chi connectivity index (χ2v) is 4.12. The number of H-pyrrole nitrogens is 1. The summed E-state index contributed by atoms with van der Waals surface area (Å²) in [6.45, 7) is 2.12. The van der Waals surface area contributed by atoms with Crippen LogP contribution >= 0.6 is 11.3 Å². The molecule has 1 N–H and O–H groups in total. The summed E-state index contributed by atoms with van der Waals surface area (Å²) in [6.07, 6.45) is 2.01. The van der Waals surface area contributed by atoms with Crippen LogP contribution in [0.4, 0.5) is 0 Å². The molecule has 2 aromatic rings. The molecule has 4 nitrogen and oxygen atoms in total. The first-order valence-electron chi connectivity index (χ1n) is 4.87. The van der Waals surface area contributed by atoms with Crippen LogP contribution < -0.4 is 4.74 Å². The molecule has 15 heavy (non-hydrogen) atoms. The normalized spacial score (nSPS) is 10.5. The Morgan fingerprint density at radius 2 is 2.40 bits per heavy atom. The van der Waals surface area contributed by atoms with E-state index in [0.717, 1.165) is 35.1 Å². The number of hydrogen-bond donors (Lipinski definition) is 1. The van der Waals surface area contributed by atoms with Crippen LogP contribution in [0.3, 0.4) is 0 Å². The molecule has 0 aliphatic carbocycles. The van der Waals surface area contributed by atoms with Crippen LogP contribution in [0, 0.1) is 0 Å². The van der Waals surface area contributed by atoms with Crippen LogP contribution in [-0.4, -0.2) is 22.3 Å². The molecular formula is C10H13N3OS. The molecule has 0 bridgehead atoms. The van der Waals surface area contributed by atoms with Crippen molar-refractivity contribution in [3.63, 3.8) is 0 Å². The van der Waals surface area contributed by atoms with Crippen LogP contribution in [0.15, 0.2) is 11.4 Å². The molecule has 5 heteroatoms. The summed E-state index contributed by atoms with van der Waals surface area (Å²) < 4.78 is 5.12. The van der Waals surface area contributed by atoms with Crippen molar-refractivity contribution in [3.8, 4) is 16.5 Å². The number of aromatic amines is 1. The minimum Gasteiger partial charge on any atom is -0.496 e. The topological polar surface area (TPSA) is 50.8 Å². The van der Waals surface area contributed by atoms with E-state index in [4.69, 9.17) is 4.74 Å². The Morgan fingerprint density at radius 3 is 3.07 bits per heavy atom. The monoisotopic (exact) mass is 223 g/mol. The van der Waals surface area contributed by atoms with Gasteiger partial charge in [0.05, 0.1) is 12.0 Å². The van der Waals surface area contributed by atoms with Crippen molar-refractivity contribution in [1.29, 1.82) is 0 Å². The average molecular weight is 223 g/mol. The first-order chi connectivity index (χ1) is 7.33. The predicted octanol–water partition coefficient (Wildman–Crippen LogP) is 2.49. The number of hydrogen-bond acceptors (Lipinski definition) is 4. The van der Waals surface area contributed by atoms with Crippen LogP contribution in [0.1, 0.15) is 19.2 Å². The fourth-order valence-corrected chi connectivity index (χ4v) is 2.09. The van der Waals surface area contributed by atoms with Gasteiger partial charge in [-0.3, -0.25) is 5.10 Å². The lowest BCUT2D eigenvalue weighted by Crippen LogP contribution is -1.84. The Bertz CT molecular complexity index is 435. The Balaban J connectivity index is 2.21. The molecular weight excluding hydrogens is 210 g/mol. The Hall–Kier alpha value is -1.36. The van der Waals surface area contributed by atoms with E-state index >= 15 is 0 Å². The number of aromatic nitrogens is 3. The number of ether oxygens (including phenoxy) is 1. The summed E-state index contributed by atoms with van der Waals surface area (Å²) >= 11 is 1.59. The van der Waals surface area contributed by atoms with Crippen molar-refractivity contribution < 1.29 is 4.74 Å². The highest BCUT2D eigenvalue weighted by molar-refractivity contribution is 7.13. The van der Waals surface area contributed by atoms with Crippen LogP contribution in [-0.2, 0) is 6.42 Å². The lowest BCUT2D eigenvalue weighted by molar-refractivity contribution is 0.417. The predicted molar refractivity (Wildman–Crippen MR) is 60.2 cm³/mol. The third-order valence-corrected chi connectivity index (χ3v) is 2.95. The lowest BCUT2D eigenvalue weighted by Gasteiger charge is -1.89. The molecule has 2 heterocycles. The highest BCUT2D eigenvalue weighted by Crippen LogP contribution is 2.28. The molecule has 0 spiro atoms. The number of rotatable bonds is 4. The molecule has 0 radical (unpaired) electrons. The Morgan fingerprint density at radius 1 is 1.53 bits per heavy atom. The second kappa shape index (κ2) is 4.44. The number of methoxy groups -OCH3 is 1. The number of nitrogens with one attached hydrogen (secondary N) is 1. The van der Waals surface area contributed by atoms with Gasteiger partial charge in [-0.15, -0.1) is 11.3 Å². The van der Waals surface area contributed by atoms with Gasteiger partial charge in [-0.05, 0) is 6.42 Å². The highest BCUT2D eigenvalue weighted by Gasteiger charge is 2.08. The highest BCUT2D eigenvalue weighted by atomic mass is 32.1. The number of thiophene rings is 1. The minimum absolute atomic E-state index is 0.756. The summed E-state index contributed by atoms with van der Waals surface area (Å²) in [5.41, 5.74) is 0. The van der Waals surface area contributed by atoms with Gasteiger partial charge in [0, 0.05) is 17.9 Å². The van der Waals surface area contributed by atoms with Crippen LogP contribution in [0.5, 0.6) is 5.75 Å². The molecule has 0 aliphatic rings. The van der Waals surface area contributed by atoms with Crippen molar-refractivity contribution in [3.05, 3.63) is 17.3 Å². The first-order valence-corrected chi connectivity index (χ1v) is 5.75. The fraction of sp³-hybridized carbons (Fsp3) is 0.400. The third kappa shape index (κ3) is 2.18. The molecule has 0 atom stereocenters. The van der Waals surface area contributed by atoms with E-state index in [9.17, 15) is 0 Å². The zero-order chi connectivity index (χ0) is 10.7. The van der Waals surface area contributed by atoms with Gasteiger partial charge in [0.2, 0.25) is 0 Å². The van der Waals surface area contributed by atoms with Crippen LogP contribution in [0.25, 0.3) is 10.7 Å². The molecule has 0 aliphatic heterocycles. The van der Waals surface area contributed by atoms with Crippen molar-refractivity contribution in [2.45, 2.75) is 19.8 Å². The maximum atomic E-state index is 5.12. The summed E-state index contributed by atoms with van der Waals surface area (Å²) in [7, 11) is 1.66. The van der Waals surface area contributed by atoms with Gasteiger partial charge < -0.3 is 4.74 Å². The van der Waals surface area contributed by atoms with E-state index in [1.807, 2.05) is 11.4 Å². The quantitative estimate of drug-likeness (QED) is 0.866. The van der Waals surface area contributed by atoms with E-state index in [1.165, 1.54) is 0 Å². The lowest BCUT2D eigenvalue weighted by atomic mass is 10.3. The third-order valence-electron chi connectivity index (χ3n) is 2.05. The summed E-state index contributed by atoms with van der Waals surface area (Å²) in [6, 6.07) is 1.95. The summed E-state index contributed by atoms with van der Waals surface area (Å²) in [4.78, 5) is 5.44. The largest absolute Gasteiger partial charge is 0.496 e. The van der Waals surface area contributed by atoms with E-state index in [1.54, 1.807) is 18.4 Å². The molecule has 0 unspecified atom stereocenters. The second-order valence-electron chi connectivity index (χ2n) is 3.21. The maximum Gasteiger partial charge on any atom is 0.191 e. The van der Waals surface area contributed by atoms with Gasteiger partial charge >= 0.3 is 0 Å². The SMILES string of the molecule is CCCc1nc(-c2cc(OC)cs2)n[nH]1. The first kappa shape index (κ1) is 10.2. The van der Waals surface area contributed by atoms with E-state index in [-0.39, 0.29) is 0 Å². The van der Waals surface area contributed by atoms with Gasteiger partial charge in [-0.2, -0.15) is 5.10 Å². The summed E-state index contributed by atoms with van der Waals surface area (Å²) in [5.74, 6) is 2.56. The van der Waals surface area contributed by atoms with E-state index < -0.39 is 0 Å². The maximum absolute atomic E-state index is 5.12. The average Bonchev–Trinajstić information content (AvgIpc) is 2.85. The number of nitrogens with zero attached hydrogens (tertiary/aromatic N) is 2. The molecule has 2 rings (SSSR count). The molecule has 0 aromatic carbocycles. The Kier molecular flexibility index (Phi) is 3.01. The zero-order valence-corrected chi connectivity index (χ0v) is 9.60. The van der Waals surface area contributed by atoms with Crippen molar-refractivity contribution in [1.82, 2.24) is 15.2 Å². The smallest absolute Gasteiger partial charge is 0.191 e. The molecule has 2 aromatic heterocycles. The van der Waals surface area contributed by atoms with Crippen molar-refractivity contribution in [2.75, 3.05) is 7.11 Å². The molecule has 0 amide bonds. The van der Waals surface area contributed by atoms with E-state index in [2.05, 4.69) is 22.1 Å². The molecule has 80 valence electrons. The fourth-order valence-electron chi connectivity index (χ4n) is 1.30. The van der Waals surface area contributed by atoms with E-state index in [0.29, 0.717) is 0 Å². The minimum atomic E-state index is 0.756. The van der Waals surface area contributed by atoms with Gasteiger partial charge in [0.25, 0.3) is 0 Å². The van der Waals surface area contributed by atoms with Gasteiger partial charge in [-0.1, -0.05) is 6.92 Å². The van der Waals surface area contributed by atoms with Crippen molar-refractivity contribution >= 4 is 11.3 Å². The van der Waals surface area contributed by atoms with Crippen LogP contribution in [0.2, 0.25) is 0 Å². The standard InChI is InChI=1S/C10H13N3OS/c1-3-4-9-11-10(13-12-9)8-5-7(14-2)6-15-8/h5-6H,3-4H2,1-2H3,(H,11,12,13). The van der Waals surface area contributed by atoms with Gasteiger partial charge in [0.1, 0.15) is 11.6 Å².